The van der Waals surface area contributed by atoms with Crippen molar-refractivity contribution in [2.75, 3.05) is 5.32 Å². The molecule has 3 rings (SSSR count). The Labute approximate surface area is 155 Å². The van der Waals surface area contributed by atoms with Crippen molar-refractivity contribution in [2.45, 2.75) is 30.2 Å². The molecule has 6 nitrogen and oxygen atoms in total. The lowest BCUT2D eigenvalue weighted by molar-refractivity contribution is -0.387. The van der Waals surface area contributed by atoms with E-state index in [9.17, 15) is 10.1 Å². The van der Waals surface area contributed by atoms with E-state index in [0.717, 1.165) is 22.6 Å². The predicted octanol–water partition coefficient (Wildman–Crippen LogP) is 5.15. The standard InChI is InChI=1S/C19H18N4O2S/c1-3-14-6-8-15(9-7-14)22-18-17(23(24)25)19(21-12-20-18)26-16-10-4-13(2)5-11-16/h4-12H,3H2,1-2H3,(H,20,21,22). The van der Waals surface area contributed by atoms with Gasteiger partial charge in [-0.25, -0.2) is 9.97 Å². The first-order chi connectivity index (χ1) is 12.6. The number of nitro groups is 1. The number of rotatable bonds is 6. The van der Waals surface area contributed by atoms with Crippen molar-refractivity contribution < 1.29 is 4.92 Å². The Morgan fingerprint density at radius 1 is 1.08 bits per heavy atom. The lowest BCUT2D eigenvalue weighted by Gasteiger charge is -2.09. The maximum atomic E-state index is 11.6. The number of nitrogens with one attached hydrogen (secondary N) is 1. The van der Waals surface area contributed by atoms with E-state index >= 15 is 0 Å². The van der Waals surface area contributed by atoms with Crippen molar-refractivity contribution in [1.82, 2.24) is 9.97 Å². The summed E-state index contributed by atoms with van der Waals surface area (Å²) in [6.07, 6.45) is 2.28. The molecule has 0 bridgehead atoms. The highest BCUT2D eigenvalue weighted by atomic mass is 32.2. The minimum atomic E-state index is -0.445. The molecule has 26 heavy (non-hydrogen) atoms. The molecular weight excluding hydrogens is 348 g/mol. The first-order valence-corrected chi connectivity index (χ1v) is 8.98. The normalized spacial score (nSPS) is 10.5. The van der Waals surface area contributed by atoms with Gasteiger partial charge in [-0.1, -0.05) is 48.5 Å². The number of aromatic nitrogens is 2. The van der Waals surface area contributed by atoms with Crippen LogP contribution in [-0.2, 0) is 6.42 Å². The van der Waals surface area contributed by atoms with Crippen LogP contribution in [0.3, 0.4) is 0 Å². The molecule has 0 saturated carbocycles. The molecule has 0 amide bonds. The Kier molecular flexibility index (Phi) is 5.48. The zero-order valence-corrected chi connectivity index (χ0v) is 15.3. The Balaban J connectivity index is 1.92. The number of anilines is 2. The van der Waals surface area contributed by atoms with E-state index in [-0.39, 0.29) is 11.5 Å². The molecule has 0 aliphatic rings. The fourth-order valence-electron chi connectivity index (χ4n) is 2.37. The van der Waals surface area contributed by atoms with E-state index in [2.05, 4.69) is 22.2 Å². The first-order valence-electron chi connectivity index (χ1n) is 8.16. The highest BCUT2D eigenvalue weighted by molar-refractivity contribution is 7.99. The topological polar surface area (TPSA) is 81.0 Å². The monoisotopic (exact) mass is 366 g/mol. The van der Waals surface area contributed by atoms with Gasteiger partial charge in [-0.05, 0) is 43.2 Å². The largest absolute Gasteiger partial charge is 0.343 e. The van der Waals surface area contributed by atoms with Crippen LogP contribution in [0.4, 0.5) is 17.2 Å². The average Bonchev–Trinajstić information content (AvgIpc) is 2.64. The first kappa shape index (κ1) is 17.9. The van der Waals surface area contributed by atoms with Crippen LogP contribution in [0.15, 0.2) is 64.8 Å². The van der Waals surface area contributed by atoms with Crippen molar-refractivity contribution >= 4 is 29.0 Å². The highest BCUT2D eigenvalue weighted by Gasteiger charge is 2.23. The van der Waals surface area contributed by atoms with Crippen LogP contribution in [0.2, 0.25) is 0 Å². The number of aryl methyl sites for hydroxylation is 2. The lowest BCUT2D eigenvalue weighted by Crippen LogP contribution is -2.03. The van der Waals surface area contributed by atoms with Gasteiger partial charge in [0.15, 0.2) is 5.03 Å². The fraction of sp³-hybridized carbons (Fsp3) is 0.158. The molecule has 2 aromatic carbocycles. The van der Waals surface area contributed by atoms with E-state index < -0.39 is 4.92 Å². The van der Waals surface area contributed by atoms with Gasteiger partial charge >= 0.3 is 5.69 Å². The quantitative estimate of drug-likeness (QED) is 0.369. The van der Waals surface area contributed by atoms with Gasteiger partial charge in [0.25, 0.3) is 0 Å². The zero-order valence-electron chi connectivity index (χ0n) is 14.5. The number of benzene rings is 2. The Hall–Kier alpha value is -2.93. The molecule has 0 aliphatic carbocycles. The molecule has 1 aromatic heterocycles. The van der Waals surface area contributed by atoms with Crippen molar-refractivity contribution in [2.24, 2.45) is 0 Å². The Morgan fingerprint density at radius 2 is 1.77 bits per heavy atom. The lowest BCUT2D eigenvalue weighted by atomic mass is 10.1. The minimum absolute atomic E-state index is 0.127. The molecule has 7 heteroatoms. The van der Waals surface area contributed by atoms with Crippen LogP contribution in [0.25, 0.3) is 0 Å². The summed E-state index contributed by atoms with van der Waals surface area (Å²) in [4.78, 5) is 20.3. The average molecular weight is 366 g/mol. The van der Waals surface area contributed by atoms with Crippen LogP contribution < -0.4 is 5.32 Å². The van der Waals surface area contributed by atoms with E-state index in [1.165, 1.54) is 23.7 Å². The van der Waals surface area contributed by atoms with E-state index in [4.69, 9.17) is 0 Å². The predicted molar refractivity (Wildman–Crippen MR) is 103 cm³/mol. The summed E-state index contributed by atoms with van der Waals surface area (Å²) < 4.78 is 0. The second-order valence-electron chi connectivity index (χ2n) is 5.72. The maximum absolute atomic E-state index is 11.6. The zero-order chi connectivity index (χ0) is 18.5. The van der Waals surface area contributed by atoms with Gasteiger partial charge in [-0.2, -0.15) is 0 Å². The summed E-state index contributed by atoms with van der Waals surface area (Å²) >= 11 is 1.25. The summed E-state index contributed by atoms with van der Waals surface area (Å²) in [6.45, 7) is 4.07. The molecule has 0 aliphatic heterocycles. The summed E-state index contributed by atoms with van der Waals surface area (Å²) in [6, 6.07) is 15.5. The highest BCUT2D eigenvalue weighted by Crippen LogP contribution is 2.37. The second-order valence-corrected chi connectivity index (χ2v) is 6.79. The molecular formula is C19H18N4O2S. The van der Waals surface area contributed by atoms with Crippen molar-refractivity contribution in [3.8, 4) is 0 Å². The summed E-state index contributed by atoms with van der Waals surface area (Å²) in [5.41, 5.74) is 2.95. The van der Waals surface area contributed by atoms with Gasteiger partial charge in [0.1, 0.15) is 6.33 Å². The molecule has 0 atom stereocenters. The van der Waals surface area contributed by atoms with Gasteiger partial charge in [0.2, 0.25) is 5.82 Å². The molecule has 0 radical (unpaired) electrons. The molecule has 0 unspecified atom stereocenters. The minimum Gasteiger partial charge on any atom is -0.334 e. The maximum Gasteiger partial charge on any atom is 0.343 e. The molecule has 1 heterocycles. The van der Waals surface area contributed by atoms with Crippen molar-refractivity contribution in [3.05, 3.63) is 76.1 Å². The van der Waals surface area contributed by atoms with Gasteiger partial charge in [0.05, 0.1) is 4.92 Å². The number of hydrogen-bond donors (Lipinski definition) is 1. The van der Waals surface area contributed by atoms with Crippen LogP contribution in [-0.4, -0.2) is 14.9 Å². The number of nitrogens with zero attached hydrogens (tertiary/aromatic N) is 3. The van der Waals surface area contributed by atoms with E-state index in [1.807, 2.05) is 55.5 Å². The van der Waals surface area contributed by atoms with Gasteiger partial charge in [0, 0.05) is 10.6 Å². The summed E-state index contributed by atoms with van der Waals surface area (Å²) in [5.74, 6) is 0.184. The van der Waals surface area contributed by atoms with Crippen LogP contribution >= 0.6 is 11.8 Å². The summed E-state index contributed by atoms with van der Waals surface area (Å²) in [7, 11) is 0. The Morgan fingerprint density at radius 3 is 2.38 bits per heavy atom. The third-order valence-electron chi connectivity index (χ3n) is 3.83. The molecule has 0 saturated heterocycles. The van der Waals surface area contributed by atoms with Gasteiger partial charge < -0.3 is 5.32 Å². The summed E-state index contributed by atoms with van der Waals surface area (Å²) in [5, 5.41) is 15.0. The molecule has 0 spiro atoms. The number of hydrogen-bond acceptors (Lipinski definition) is 6. The SMILES string of the molecule is CCc1ccc(Nc2ncnc(Sc3ccc(C)cc3)c2[N+](=O)[O-])cc1. The molecule has 3 aromatic rings. The molecule has 1 N–H and O–H groups in total. The van der Waals surface area contributed by atoms with Crippen molar-refractivity contribution in [3.63, 3.8) is 0 Å². The van der Waals surface area contributed by atoms with Crippen LogP contribution in [0.1, 0.15) is 18.1 Å². The fourth-order valence-corrected chi connectivity index (χ4v) is 3.23. The van der Waals surface area contributed by atoms with Crippen molar-refractivity contribution in [1.29, 1.82) is 0 Å². The van der Waals surface area contributed by atoms with Gasteiger partial charge in [-0.15, -0.1) is 0 Å². The third kappa shape index (κ3) is 4.18. The second kappa shape index (κ2) is 7.97. The van der Waals surface area contributed by atoms with E-state index in [1.54, 1.807) is 0 Å². The van der Waals surface area contributed by atoms with Crippen LogP contribution in [0, 0.1) is 17.0 Å². The van der Waals surface area contributed by atoms with Gasteiger partial charge in [-0.3, -0.25) is 10.1 Å². The smallest absolute Gasteiger partial charge is 0.334 e. The van der Waals surface area contributed by atoms with E-state index in [0.29, 0.717) is 5.03 Å². The third-order valence-corrected chi connectivity index (χ3v) is 4.83. The Bertz CT molecular complexity index is 912. The van der Waals surface area contributed by atoms with Crippen LogP contribution in [0.5, 0.6) is 0 Å². The molecule has 132 valence electrons. The molecule has 0 fully saturated rings.